The van der Waals surface area contributed by atoms with E-state index in [1.807, 2.05) is 13.1 Å². The van der Waals surface area contributed by atoms with Crippen molar-refractivity contribution in [3.8, 4) is 0 Å². The van der Waals surface area contributed by atoms with Gasteiger partial charge >= 0.3 is 0 Å². The summed E-state index contributed by atoms with van der Waals surface area (Å²) in [4.78, 5) is 6.35. The zero-order chi connectivity index (χ0) is 12.1. The summed E-state index contributed by atoms with van der Waals surface area (Å²) >= 11 is 7.70. The monoisotopic (exact) mass is 260 g/mol. The molecule has 0 aliphatic heterocycles. The average Bonchev–Trinajstić information content (AvgIpc) is 2.29. The first-order valence-corrected chi connectivity index (χ1v) is 6.84. The van der Waals surface area contributed by atoms with Crippen molar-refractivity contribution in [3.63, 3.8) is 0 Å². The molecule has 0 saturated heterocycles. The van der Waals surface area contributed by atoms with Gasteiger partial charge in [0, 0.05) is 30.6 Å². The molecule has 0 aliphatic rings. The summed E-state index contributed by atoms with van der Waals surface area (Å²) in [6.45, 7) is 2.09. The molecule has 0 amide bonds. The Morgan fingerprint density at radius 1 is 1.62 bits per heavy atom. The van der Waals surface area contributed by atoms with E-state index in [0.29, 0.717) is 11.1 Å². The Balaban J connectivity index is 2.87. The minimum absolute atomic E-state index is 0.0564. The third-order valence-corrected chi connectivity index (χ3v) is 3.68. The van der Waals surface area contributed by atoms with Crippen molar-refractivity contribution in [3.05, 3.63) is 22.8 Å². The van der Waals surface area contributed by atoms with Crippen LogP contribution in [0.3, 0.4) is 0 Å². The molecule has 1 unspecified atom stereocenters. The van der Waals surface area contributed by atoms with Gasteiger partial charge in [0.2, 0.25) is 0 Å². The molecule has 0 radical (unpaired) electrons. The number of aliphatic hydroxyl groups excluding tert-OH is 1. The molecule has 3 nitrogen and oxygen atoms in total. The highest BCUT2D eigenvalue weighted by Gasteiger charge is 2.12. The van der Waals surface area contributed by atoms with Crippen molar-refractivity contribution >= 4 is 29.2 Å². The summed E-state index contributed by atoms with van der Waals surface area (Å²) in [5, 5.41) is 9.64. The largest absolute Gasteiger partial charge is 0.392 e. The van der Waals surface area contributed by atoms with Gasteiger partial charge in [0.1, 0.15) is 5.82 Å². The van der Waals surface area contributed by atoms with E-state index in [1.54, 1.807) is 18.0 Å². The van der Waals surface area contributed by atoms with E-state index in [2.05, 4.69) is 23.1 Å². The van der Waals surface area contributed by atoms with Crippen molar-refractivity contribution in [2.24, 2.45) is 0 Å². The number of pyridine rings is 1. The fraction of sp³-hybridized carbons (Fsp3) is 0.545. The molecular formula is C11H17ClN2OS. The first-order valence-electron chi connectivity index (χ1n) is 5.07. The normalized spacial score (nSPS) is 12.6. The molecule has 0 spiro atoms. The van der Waals surface area contributed by atoms with Crippen molar-refractivity contribution in [1.29, 1.82) is 0 Å². The second kappa shape index (κ2) is 6.33. The van der Waals surface area contributed by atoms with E-state index in [9.17, 15) is 0 Å². The third-order valence-electron chi connectivity index (χ3n) is 2.52. The van der Waals surface area contributed by atoms with Crippen LogP contribution in [0.2, 0.25) is 5.02 Å². The number of thioether (sulfide) groups is 1. The van der Waals surface area contributed by atoms with Crippen LogP contribution in [0, 0.1) is 0 Å². The number of halogens is 1. The first-order chi connectivity index (χ1) is 7.60. The number of anilines is 1. The molecule has 90 valence electrons. The Labute approximate surface area is 106 Å². The second-order valence-corrected chi connectivity index (χ2v) is 5.03. The van der Waals surface area contributed by atoms with Gasteiger partial charge < -0.3 is 10.0 Å². The number of nitrogens with zero attached hydrogens (tertiary/aromatic N) is 2. The number of aliphatic hydroxyl groups is 1. The van der Waals surface area contributed by atoms with Crippen molar-refractivity contribution in [2.75, 3.05) is 24.0 Å². The molecule has 1 rings (SSSR count). The highest BCUT2D eigenvalue weighted by atomic mass is 35.5. The number of aromatic nitrogens is 1. The van der Waals surface area contributed by atoms with Gasteiger partial charge in [0.05, 0.1) is 11.6 Å². The molecule has 1 aromatic rings. The van der Waals surface area contributed by atoms with Gasteiger partial charge in [-0.15, -0.1) is 0 Å². The van der Waals surface area contributed by atoms with Crippen LogP contribution in [-0.2, 0) is 6.61 Å². The third kappa shape index (κ3) is 3.27. The molecule has 16 heavy (non-hydrogen) atoms. The molecule has 0 aliphatic carbocycles. The minimum Gasteiger partial charge on any atom is -0.392 e. The fourth-order valence-electron chi connectivity index (χ4n) is 1.36. The Bertz CT molecular complexity index is 349. The van der Waals surface area contributed by atoms with Crippen molar-refractivity contribution < 1.29 is 5.11 Å². The summed E-state index contributed by atoms with van der Waals surface area (Å²) in [6, 6.07) is 2.23. The van der Waals surface area contributed by atoms with E-state index >= 15 is 0 Å². The van der Waals surface area contributed by atoms with Crippen LogP contribution >= 0.6 is 23.4 Å². The van der Waals surface area contributed by atoms with E-state index in [1.165, 1.54) is 0 Å². The Hall–Kier alpha value is -0.450. The van der Waals surface area contributed by atoms with E-state index in [0.717, 1.165) is 17.1 Å². The van der Waals surface area contributed by atoms with Gasteiger partial charge in [-0.3, -0.25) is 0 Å². The number of hydrogen-bond donors (Lipinski definition) is 1. The quantitative estimate of drug-likeness (QED) is 0.882. The maximum atomic E-state index is 9.13. The molecule has 0 bridgehead atoms. The lowest BCUT2D eigenvalue weighted by Crippen LogP contribution is -2.31. The molecule has 0 saturated carbocycles. The van der Waals surface area contributed by atoms with Crippen LogP contribution in [0.4, 0.5) is 5.82 Å². The molecule has 5 heteroatoms. The minimum atomic E-state index is -0.0564. The number of hydrogen-bond acceptors (Lipinski definition) is 4. The van der Waals surface area contributed by atoms with Gasteiger partial charge in [-0.25, -0.2) is 4.98 Å². The SMILES string of the molecule is CSCC(C)N(C)c1cc(CO)c(Cl)cn1. The summed E-state index contributed by atoms with van der Waals surface area (Å²) in [5.74, 6) is 1.88. The zero-order valence-electron chi connectivity index (χ0n) is 9.77. The molecule has 1 aromatic heterocycles. The molecule has 1 N–H and O–H groups in total. The van der Waals surface area contributed by atoms with Crippen molar-refractivity contribution in [1.82, 2.24) is 4.98 Å². The molecule has 0 aromatic carbocycles. The topological polar surface area (TPSA) is 36.4 Å². The summed E-state index contributed by atoms with van der Waals surface area (Å²) < 4.78 is 0. The van der Waals surface area contributed by atoms with Gasteiger partial charge in [0.25, 0.3) is 0 Å². The van der Waals surface area contributed by atoms with Crippen LogP contribution in [0.5, 0.6) is 0 Å². The Morgan fingerprint density at radius 2 is 2.31 bits per heavy atom. The summed E-state index contributed by atoms with van der Waals surface area (Å²) in [6.07, 6.45) is 3.67. The maximum absolute atomic E-state index is 9.13. The van der Waals surface area contributed by atoms with Crippen LogP contribution < -0.4 is 4.90 Å². The van der Waals surface area contributed by atoms with E-state index in [4.69, 9.17) is 16.7 Å². The lowest BCUT2D eigenvalue weighted by molar-refractivity contribution is 0.282. The predicted octanol–water partition coefficient (Wildman–Crippen LogP) is 2.42. The van der Waals surface area contributed by atoms with Gasteiger partial charge in [0.15, 0.2) is 0 Å². The Kier molecular flexibility index (Phi) is 5.38. The van der Waals surface area contributed by atoms with E-state index < -0.39 is 0 Å². The number of rotatable bonds is 5. The van der Waals surface area contributed by atoms with Crippen LogP contribution in [0.15, 0.2) is 12.3 Å². The maximum Gasteiger partial charge on any atom is 0.128 e. The predicted molar refractivity (Wildman–Crippen MR) is 71.4 cm³/mol. The van der Waals surface area contributed by atoms with Gasteiger partial charge in [-0.1, -0.05) is 11.6 Å². The smallest absolute Gasteiger partial charge is 0.128 e. The Morgan fingerprint density at radius 3 is 2.88 bits per heavy atom. The molecule has 1 atom stereocenters. The standard InChI is InChI=1S/C11H17ClN2OS/c1-8(7-16-3)14(2)11-4-9(6-15)10(12)5-13-11/h4-5,8,15H,6-7H2,1-3H3. The molecular weight excluding hydrogens is 244 g/mol. The van der Waals surface area contributed by atoms with E-state index in [-0.39, 0.29) is 6.61 Å². The summed E-state index contributed by atoms with van der Waals surface area (Å²) in [5.41, 5.74) is 0.717. The van der Waals surface area contributed by atoms with Crippen molar-refractivity contribution in [2.45, 2.75) is 19.6 Å². The lowest BCUT2D eigenvalue weighted by atomic mass is 10.2. The van der Waals surface area contributed by atoms with Gasteiger partial charge in [-0.05, 0) is 19.2 Å². The molecule has 1 heterocycles. The highest BCUT2D eigenvalue weighted by molar-refractivity contribution is 7.98. The lowest BCUT2D eigenvalue weighted by Gasteiger charge is -2.25. The van der Waals surface area contributed by atoms with Crippen LogP contribution in [0.25, 0.3) is 0 Å². The average molecular weight is 261 g/mol. The first kappa shape index (κ1) is 13.6. The van der Waals surface area contributed by atoms with Crippen LogP contribution in [0.1, 0.15) is 12.5 Å². The highest BCUT2D eigenvalue weighted by Crippen LogP contribution is 2.21. The fourth-order valence-corrected chi connectivity index (χ4v) is 2.23. The van der Waals surface area contributed by atoms with Crippen LogP contribution in [-0.4, -0.2) is 35.2 Å². The van der Waals surface area contributed by atoms with Gasteiger partial charge in [-0.2, -0.15) is 11.8 Å². The molecule has 0 fully saturated rings. The summed E-state index contributed by atoms with van der Waals surface area (Å²) in [7, 11) is 2.00. The second-order valence-electron chi connectivity index (χ2n) is 3.71. The zero-order valence-corrected chi connectivity index (χ0v) is 11.3.